The van der Waals surface area contributed by atoms with E-state index in [1.165, 1.54) is 0 Å². The predicted molar refractivity (Wildman–Crippen MR) is 112 cm³/mol. The molecule has 3 aromatic rings. The van der Waals surface area contributed by atoms with E-state index in [1.54, 1.807) is 61.7 Å². The van der Waals surface area contributed by atoms with E-state index in [0.717, 1.165) is 0 Å². The van der Waals surface area contributed by atoms with Gasteiger partial charge < -0.3 is 25.3 Å². The van der Waals surface area contributed by atoms with E-state index in [1.807, 2.05) is 18.2 Å². The summed E-state index contributed by atoms with van der Waals surface area (Å²) in [6.07, 6.45) is 0. The quantitative estimate of drug-likeness (QED) is 0.531. The summed E-state index contributed by atoms with van der Waals surface area (Å²) >= 11 is 0. The lowest BCUT2D eigenvalue weighted by Crippen LogP contribution is -2.28. The van der Waals surface area contributed by atoms with Crippen LogP contribution in [0.1, 0.15) is 20.7 Å². The maximum atomic E-state index is 12.3. The maximum Gasteiger partial charge on any atom is 0.251 e. The molecule has 30 heavy (non-hydrogen) atoms. The normalized spacial score (nSPS) is 10.2. The summed E-state index contributed by atoms with van der Waals surface area (Å²) < 4.78 is 16.6. The number of hydrogen-bond donors (Lipinski definition) is 2. The third-order valence-electron chi connectivity index (χ3n) is 4.21. The highest BCUT2D eigenvalue weighted by atomic mass is 16.5. The topological polar surface area (TPSA) is 99.9 Å². The van der Waals surface area contributed by atoms with Crippen molar-refractivity contribution >= 4 is 11.8 Å². The number of nitrogens with one attached hydrogen (secondary N) is 1. The lowest BCUT2D eigenvalue weighted by Gasteiger charge is -2.11. The van der Waals surface area contributed by atoms with Gasteiger partial charge in [-0.05, 0) is 60.7 Å². The summed E-state index contributed by atoms with van der Waals surface area (Å²) in [5, 5.41) is 2.80. The standard InChI is InChI=1S/C23H22N2O5/c1-28-20-4-2-3-5-21(20)29-15-14-25-23(27)17-8-12-19(13-9-17)30-18-10-6-16(7-11-18)22(24)26/h2-13H,14-15H2,1H3,(H2,24,26)(H,25,27). The van der Waals surface area contributed by atoms with Crippen LogP contribution in [0.5, 0.6) is 23.0 Å². The number of ether oxygens (including phenoxy) is 3. The van der Waals surface area contributed by atoms with Crippen LogP contribution in [0, 0.1) is 0 Å². The molecule has 0 fully saturated rings. The Kier molecular flexibility index (Phi) is 6.89. The zero-order valence-corrected chi connectivity index (χ0v) is 16.5. The molecule has 3 aromatic carbocycles. The summed E-state index contributed by atoms with van der Waals surface area (Å²) in [5.74, 6) is 1.69. The van der Waals surface area contributed by atoms with Gasteiger partial charge in [0.15, 0.2) is 11.5 Å². The van der Waals surface area contributed by atoms with Crippen molar-refractivity contribution in [1.82, 2.24) is 5.32 Å². The highest BCUT2D eigenvalue weighted by Gasteiger charge is 2.07. The van der Waals surface area contributed by atoms with Gasteiger partial charge in [0.05, 0.1) is 13.7 Å². The molecular weight excluding hydrogens is 384 g/mol. The van der Waals surface area contributed by atoms with E-state index >= 15 is 0 Å². The van der Waals surface area contributed by atoms with Crippen LogP contribution in [0.15, 0.2) is 72.8 Å². The first-order chi connectivity index (χ1) is 14.6. The Morgan fingerprint density at radius 2 is 1.40 bits per heavy atom. The molecular formula is C23H22N2O5. The van der Waals surface area contributed by atoms with Crippen LogP contribution in [-0.2, 0) is 0 Å². The number of hydrogen-bond acceptors (Lipinski definition) is 5. The Hall–Kier alpha value is -4.00. The molecule has 0 saturated heterocycles. The van der Waals surface area contributed by atoms with E-state index in [0.29, 0.717) is 47.3 Å². The Labute approximate surface area is 174 Å². The number of methoxy groups -OCH3 is 1. The molecule has 0 aliphatic heterocycles. The van der Waals surface area contributed by atoms with Crippen LogP contribution in [0.3, 0.4) is 0 Å². The largest absolute Gasteiger partial charge is 0.493 e. The molecule has 0 aromatic heterocycles. The van der Waals surface area contributed by atoms with Crippen molar-refractivity contribution in [2.45, 2.75) is 0 Å². The number of carbonyl (C=O) groups is 2. The second-order valence-electron chi connectivity index (χ2n) is 6.27. The second-order valence-corrected chi connectivity index (χ2v) is 6.27. The Bertz CT molecular complexity index is 1000. The fourth-order valence-corrected chi connectivity index (χ4v) is 2.66. The molecule has 0 aliphatic carbocycles. The van der Waals surface area contributed by atoms with Gasteiger partial charge in [-0.2, -0.15) is 0 Å². The molecule has 0 aliphatic rings. The van der Waals surface area contributed by atoms with Gasteiger partial charge in [-0.25, -0.2) is 0 Å². The molecule has 0 unspecified atom stereocenters. The molecule has 3 rings (SSSR count). The highest BCUT2D eigenvalue weighted by molar-refractivity contribution is 5.94. The summed E-state index contributed by atoms with van der Waals surface area (Å²) in [4.78, 5) is 23.4. The fraction of sp³-hybridized carbons (Fsp3) is 0.130. The fourth-order valence-electron chi connectivity index (χ4n) is 2.66. The minimum absolute atomic E-state index is 0.212. The monoisotopic (exact) mass is 406 g/mol. The molecule has 0 atom stereocenters. The number of carbonyl (C=O) groups excluding carboxylic acids is 2. The second kappa shape index (κ2) is 9.97. The van der Waals surface area contributed by atoms with Crippen molar-refractivity contribution in [2.75, 3.05) is 20.3 Å². The molecule has 0 saturated carbocycles. The van der Waals surface area contributed by atoms with Gasteiger partial charge in [0.1, 0.15) is 18.1 Å². The van der Waals surface area contributed by atoms with Gasteiger partial charge in [-0.3, -0.25) is 9.59 Å². The van der Waals surface area contributed by atoms with E-state index in [-0.39, 0.29) is 5.91 Å². The lowest BCUT2D eigenvalue weighted by molar-refractivity contribution is 0.0945. The van der Waals surface area contributed by atoms with Crippen molar-refractivity contribution < 1.29 is 23.8 Å². The van der Waals surface area contributed by atoms with Crippen molar-refractivity contribution in [3.8, 4) is 23.0 Å². The lowest BCUT2D eigenvalue weighted by atomic mass is 10.2. The zero-order chi connectivity index (χ0) is 21.3. The average Bonchev–Trinajstić information content (AvgIpc) is 2.77. The van der Waals surface area contributed by atoms with Crippen LogP contribution in [-0.4, -0.2) is 32.1 Å². The number of rotatable bonds is 9. The van der Waals surface area contributed by atoms with Gasteiger partial charge in [0.2, 0.25) is 5.91 Å². The van der Waals surface area contributed by atoms with Gasteiger partial charge in [0, 0.05) is 11.1 Å². The molecule has 0 bridgehead atoms. The van der Waals surface area contributed by atoms with Crippen LogP contribution in [0.4, 0.5) is 0 Å². The average molecular weight is 406 g/mol. The first-order valence-corrected chi connectivity index (χ1v) is 9.28. The van der Waals surface area contributed by atoms with Gasteiger partial charge in [-0.15, -0.1) is 0 Å². The van der Waals surface area contributed by atoms with Crippen molar-refractivity contribution in [3.05, 3.63) is 83.9 Å². The maximum absolute atomic E-state index is 12.3. The zero-order valence-electron chi connectivity index (χ0n) is 16.5. The smallest absolute Gasteiger partial charge is 0.251 e. The van der Waals surface area contributed by atoms with Crippen LogP contribution < -0.4 is 25.3 Å². The number of nitrogens with two attached hydrogens (primary N) is 1. The number of amides is 2. The third kappa shape index (κ3) is 5.51. The van der Waals surface area contributed by atoms with E-state index in [4.69, 9.17) is 19.9 Å². The highest BCUT2D eigenvalue weighted by Crippen LogP contribution is 2.25. The SMILES string of the molecule is COc1ccccc1OCCNC(=O)c1ccc(Oc2ccc(C(N)=O)cc2)cc1. The van der Waals surface area contributed by atoms with Gasteiger partial charge in [-0.1, -0.05) is 12.1 Å². The number of benzene rings is 3. The Morgan fingerprint density at radius 1 is 0.833 bits per heavy atom. The molecule has 7 heteroatoms. The molecule has 0 heterocycles. The van der Waals surface area contributed by atoms with Crippen LogP contribution in [0.2, 0.25) is 0 Å². The molecule has 7 nitrogen and oxygen atoms in total. The van der Waals surface area contributed by atoms with Gasteiger partial charge >= 0.3 is 0 Å². The van der Waals surface area contributed by atoms with E-state index < -0.39 is 5.91 Å². The summed E-state index contributed by atoms with van der Waals surface area (Å²) in [5.41, 5.74) is 6.13. The Balaban J connectivity index is 1.48. The first kappa shape index (κ1) is 20.7. The summed E-state index contributed by atoms with van der Waals surface area (Å²) in [6, 6.07) is 20.6. The van der Waals surface area contributed by atoms with Crippen molar-refractivity contribution in [1.29, 1.82) is 0 Å². The number of primary amides is 1. The molecule has 0 spiro atoms. The van der Waals surface area contributed by atoms with E-state index in [9.17, 15) is 9.59 Å². The van der Waals surface area contributed by atoms with Gasteiger partial charge in [0.25, 0.3) is 5.91 Å². The third-order valence-corrected chi connectivity index (χ3v) is 4.21. The minimum Gasteiger partial charge on any atom is -0.493 e. The van der Waals surface area contributed by atoms with Crippen LogP contribution in [0.25, 0.3) is 0 Å². The first-order valence-electron chi connectivity index (χ1n) is 9.28. The number of para-hydroxylation sites is 2. The van der Waals surface area contributed by atoms with E-state index in [2.05, 4.69) is 5.32 Å². The summed E-state index contributed by atoms with van der Waals surface area (Å²) in [7, 11) is 1.58. The van der Waals surface area contributed by atoms with Crippen molar-refractivity contribution in [3.63, 3.8) is 0 Å². The molecule has 2 amide bonds. The Morgan fingerprint density at radius 3 is 1.97 bits per heavy atom. The minimum atomic E-state index is -0.495. The molecule has 0 radical (unpaired) electrons. The molecule has 3 N–H and O–H groups in total. The summed E-state index contributed by atoms with van der Waals surface area (Å²) in [6.45, 7) is 0.663. The molecule has 154 valence electrons. The predicted octanol–water partition coefficient (Wildman–Crippen LogP) is 3.40. The van der Waals surface area contributed by atoms with Crippen LogP contribution >= 0.6 is 0 Å². The van der Waals surface area contributed by atoms with Crippen molar-refractivity contribution in [2.24, 2.45) is 5.73 Å².